The van der Waals surface area contributed by atoms with E-state index in [0.717, 1.165) is 54.4 Å². The zero-order chi connectivity index (χ0) is 22.0. The molecule has 1 aliphatic heterocycles. The number of rotatable bonds is 7. The third-order valence-corrected chi connectivity index (χ3v) is 5.43. The predicted octanol–water partition coefficient (Wildman–Crippen LogP) is 4.63. The summed E-state index contributed by atoms with van der Waals surface area (Å²) in [6, 6.07) is 10.5. The van der Waals surface area contributed by atoms with Crippen LogP contribution in [0.1, 0.15) is 49.7 Å². The fraction of sp³-hybridized carbons (Fsp3) is 0.458. The SMILES string of the molecule is Cc1cc(-c2cnc(N(C)C)nc2[C@H]2CCCN2Cc2cccc(OC(C)C)c2)on1. The van der Waals surface area contributed by atoms with Crippen LogP contribution in [0.25, 0.3) is 11.3 Å². The Kier molecular flexibility index (Phi) is 6.23. The Hall–Kier alpha value is -2.93. The highest BCUT2D eigenvalue weighted by Crippen LogP contribution is 2.38. The maximum Gasteiger partial charge on any atom is 0.225 e. The summed E-state index contributed by atoms with van der Waals surface area (Å²) in [6.45, 7) is 7.89. The van der Waals surface area contributed by atoms with Crippen molar-refractivity contribution in [3.8, 4) is 17.1 Å². The zero-order valence-electron chi connectivity index (χ0n) is 19.0. The molecule has 0 bridgehead atoms. The van der Waals surface area contributed by atoms with E-state index in [4.69, 9.17) is 14.2 Å². The molecule has 4 rings (SSSR count). The van der Waals surface area contributed by atoms with Crippen LogP contribution in [0.2, 0.25) is 0 Å². The maximum absolute atomic E-state index is 5.89. The van der Waals surface area contributed by atoms with Crippen LogP contribution in [0.4, 0.5) is 5.95 Å². The van der Waals surface area contributed by atoms with Crippen molar-refractivity contribution in [2.24, 2.45) is 0 Å². The highest BCUT2D eigenvalue weighted by molar-refractivity contribution is 5.61. The largest absolute Gasteiger partial charge is 0.491 e. The molecule has 1 aromatic carbocycles. The van der Waals surface area contributed by atoms with Gasteiger partial charge in [-0.15, -0.1) is 0 Å². The molecule has 1 fully saturated rings. The molecule has 164 valence electrons. The molecular weight excluding hydrogens is 390 g/mol. The fourth-order valence-electron chi connectivity index (χ4n) is 4.08. The van der Waals surface area contributed by atoms with Crippen molar-refractivity contribution < 1.29 is 9.26 Å². The molecule has 0 amide bonds. The van der Waals surface area contributed by atoms with Gasteiger partial charge in [-0.1, -0.05) is 17.3 Å². The molecule has 3 heterocycles. The summed E-state index contributed by atoms with van der Waals surface area (Å²) in [4.78, 5) is 13.9. The lowest BCUT2D eigenvalue weighted by atomic mass is 10.0. The van der Waals surface area contributed by atoms with Crippen LogP contribution in [0.5, 0.6) is 5.75 Å². The summed E-state index contributed by atoms with van der Waals surface area (Å²) in [5, 5.41) is 4.07. The van der Waals surface area contributed by atoms with E-state index in [0.29, 0.717) is 5.95 Å². The molecule has 3 aromatic rings. The highest BCUT2D eigenvalue weighted by Gasteiger charge is 2.31. The van der Waals surface area contributed by atoms with Crippen molar-refractivity contribution in [1.82, 2.24) is 20.0 Å². The Labute approximate surface area is 184 Å². The fourth-order valence-corrected chi connectivity index (χ4v) is 4.08. The van der Waals surface area contributed by atoms with Gasteiger partial charge in [-0.2, -0.15) is 0 Å². The minimum atomic E-state index is 0.160. The first-order chi connectivity index (χ1) is 14.9. The lowest BCUT2D eigenvalue weighted by Crippen LogP contribution is -2.25. The van der Waals surface area contributed by atoms with Gasteiger partial charge in [-0.05, 0) is 57.9 Å². The predicted molar refractivity (Wildman–Crippen MR) is 121 cm³/mol. The quantitative estimate of drug-likeness (QED) is 0.551. The van der Waals surface area contributed by atoms with Crippen molar-refractivity contribution >= 4 is 5.95 Å². The van der Waals surface area contributed by atoms with Crippen LogP contribution in [-0.4, -0.2) is 46.8 Å². The summed E-state index contributed by atoms with van der Waals surface area (Å²) in [5.74, 6) is 2.34. The van der Waals surface area contributed by atoms with Crippen molar-refractivity contribution in [3.63, 3.8) is 0 Å². The van der Waals surface area contributed by atoms with Gasteiger partial charge in [-0.3, -0.25) is 4.90 Å². The van der Waals surface area contributed by atoms with Gasteiger partial charge in [0.15, 0.2) is 5.76 Å². The normalized spacial score (nSPS) is 16.8. The maximum atomic E-state index is 5.89. The number of ether oxygens (including phenoxy) is 1. The molecule has 0 N–H and O–H groups in total. The second kappa shape index (κ2) is 9.06. The Balaban J connectivity index is 1.65. The average Bonchev–Trinajstić information content (AvgIpc) is 3.36. The third-order valence-electron chi connectivity index (χ3n) is 5.43. The highest BCUT2D eigenvalue weighted by atomic mass is 16.5. The molecule has 1 atom stereocenters. The Morgan fingerprint density at radius 3 is 2.81 bits per heavy atom. The molecule has 0 spiro atoms. The van der Waals surface area contributed by atoms with Gasteiger partial charge >= 0.3 is 0 Å². The van der Waals surface area contributed by atoms with Crippen LogP contribution >= 0.6 is 0 Å². The molecule has 0 unspecified atom stereocenters. The lowest BCUT2D eigenvalue weighted by Gasteiger charge is -2.26. The lowest BCUT2D eigenvalue weighted by molar-refractivity contribution is 0.236. The number of nitrogens with zero attached hydrogens (tertiary/aromatic N) is 5. The van der Waals surface area contributed by atoms with E-state index >= 15 is 0 Å². The molecular formula is C24H31N5O2. The summed E-state index contributed by atoms with van der Waals surface area (Å²) in [5.41, 5.74) is 4.01. The minimum Gasteiger partial charge on any atom is -0.491 e. The number of hydrogen-bond acceptors (Lipinski definition) is 7. The molecule has 2 aromatic heterocycles. The van der Waals surface area contributed by atoms with E-state index in [1.165, 1.54) is 5.56 Å². The molecule has 0 aliphatic carbocycles. The summed E-state index contributed by atoms with van der Waals surface area (Å²) >= 11 is 0. The van der Waals surface area contributed by atoms with Crippen LogP contribution in [0, 0.1) is 6.92 Å². The van der Waals surface area contributed by atoms with Crippen LogP contribution in [0.15, 0.2) is 41.1 Å². The van der Waals surface area contributed by atoms with Gasteiger partial charge < -0.3 is 14.2 Å². The Bertz CT molecular complexity index is 1030. The number of anilines is 1. The molecule has 7 heteroatoms. The number of benzene rings is 1. The van der Waals surface area contributed by atoms with E-state index in [9.17, 15) is 0 Å². The number of aryl methyl sites for hydroxylation is 1. The Morgan fingerprint density at radius 1 is 1.26 bits per heavy atom. The van der Waals surface area contributed by atoms with E-state index in [2.05, 4.69) is 33.2 Å². The van der Waals surface area contributed by atoms with Crippen LogP contribution in [0.3, 0.4) is 0 Å². The smallest absolute Gasteiger partial charge is 0.225 e. The minimum absolute atomic E-state index is 0.160. The van der Waals surface area contributed by atoms with Crippen molar-refractivity contribution in [2.45, 2.75) is 52.3 Å². The van der Waals surface area contributed by atoms with E-state index < -0.39 is 0 Å². The average molecular weight is 422 g/mol. The first-order valence-electron chi connectivity index (χ1n) is 10.9. The molecule has 31 heavy (non-hydrogen) atoms. The number of aromatic nitrogens is 3. The second-order valence-electron chi connectivity index (χ2n) is 8.64. The van der Waals surface area contributed by atoms with Crippen LogP contribution < -0.4 is 9.64 Å². The summed E-state index contributed by atoms with van der Waals surface area (Å²) in [6.07, 6.45) is 4.20. The summed E-state index contributed by atoms with van der Waals surface area (Å²) in [7, 11) is 3.92. The number of hydrogen-bond donors (Lipinski definition) is 0. The molecule has 0 radical (unpaired) electrons. The first kappa shape index (κ1) is 21.3. The van der Waals surface area contributed by atoms with Crippen molar-refractivity contribution in [2.75, 3.05) is 25.5 Å². The van der Waals surface area contributed by atoms with Crippen molar-refractivity contribution in [1.29, 1.82) is 0 Å². The third kappa shape index (κ3) is 4.88. The number of likely N-dealkylation sites (tertiary alicyclic amines) is 1. The zero-order valence-corrected chi connectivity index (χ0v) is 19.0. The van der Waals surface area contributed by atoms with E-state index in [-0.39, 0.29) is 12.1 Å². The first-order valence-corrected chi connectivity index (χ1v) is 10.9. The van der Waals surface area contributed by atoms with Gasteiger partial charge in [0.2, 0.25) is 5.95 Å². The Morgan fingerprint density at radius 2 is 2.10 bits per heavy atom. The van der Waals surface area contributed by atoms with Crippen LogP contribution in [-0.2, 0) is 6.54 Å². The molecule has 1 aliphatic rings. The summed E-state index contributed by atoms with van der Waals surface area (Å²) < 4.78 is 11.5. The molecule has 1 saturated heterocycles. The molecule has 7 nitrogen and oxygen atoms in total. The monoisotopic (exact) mass is 421 g/mol. The van der Waals surface area contributed by atoms with E-state index in [1.54, 1.807) is 0 Å². The van der Waals surface area contributed by atoms with Crippen molar-refractivity contribution in [3.05, 3.63) is 53.5 Å². The molecule has 0 saturated carbocycles. The van der Waals surface area contributed by atoms with Gasteiger partial charge in [0.05, 0.1) is 29.1 Å². The van der Waals surface area contributed by atoms with Gasteiger partial charge in [0.1, 0.15) is 5.75 Å². The van der Waals surface area contributed by atoms with E-state index in [1.807, 2.05) is 58.1 Å². The second-order valence-corrected chi connectivity index (χ2v) is 8.64. The van der Waals surface area contributed by atoms with Gasteiger partial charge in [-0.25, -0.2) is 9.97 Å². The topological polar surface area (TPSA) is 67.5 Å². The van der Waals surface area contributed by atoms with Gasteiger partial charge in [0.25, 0.3) is 0 Å². The standard InChI is InChI=1S/C24H31N5O2/c1-16(2)30-19-9-6-8-18(13-19)15-29-11-7-10-21(29)23-20(22-12-17(3)27-31-22)14-25-24(26-23)28(4)5/h6,8-9,12-14,16,21H,7,10-11,15H2,1-5H3/t21-/m1/s1. The van der Waals surface area contributed by atoms with Gasteiger partial charge in [0, 0.05) is 32.9 Å².